The summed E-state index contributed by atoms with van der Waals surface area (Å²) >= 11 is 0. The van der Waals surface area contributed by atoms with Crippen LogP contribution in [0.4, 0.5) is 9.18 Å². The van der Waals surface area contributed by atoms with Crippen LogP contribution in [0.3, 0.4) is 0 Å². The molecule has 0 aliphatic heterocycles. The lowest BCUT2D eigenvalue weighted by atomic mass is 10.1. The molecule has 0 aromatic heterocycles. The Labute approximate surface area is 112 Å². The summed E-state index contributed by atoms with van der Waals surface area (Å²) in [5, 5.41) is 5.04. The molecule has 0 aliphatic rings. The summed E-state index contributed by atoms with van der Waals surface area (Å²) in [6, 6.07) is 5.62. The fraction of sp³-hybridized carbons (Fsp3) is 0.417. The first-order valence-electron chi connectivity index (χ1n) is 5.81. The van der Waals surface area contributed by atoms with Gasteiger partial charge in [0.15, 0.2) is 0 Å². The molecule has 0 saturated heterocycles. The molecule has 0 saturated carbocycles. The van der Waals surface area contributed by atoms with Crippen LogP contribution in [0.5, 0.6) is 0 Å². The van der Waals surface area contributed by atoms with E-state index >= 15 is 0 Å². The van der Waals surface area contributed by atoms with E-state index in [1.807, 2.05) is 0 Å². The van der Waals surface area contributed by atoms with E-state index in [1.165, 1.54) is 12.1 Å². The number of carbonyl (C=O) groups excluding carboxylic acids is 1. The Bertz CT molecular complexity index is 514. The highest BCUT2D eigenvalue weighted by Crippen LogP contribution is 2.02. The van der Waals surface area contributed by atoms with Gasteiger partial charge >= 0.3 is 6.03 Å². The zero-order valence-electron chi connectivity index (χ0n) is 10.6. The maximum Gasteiger partial charge on any atom is 0.314 e. The Morgan fingerprint density at radius 3 is 2.32 bits per heavy atom. The average molecular weight is 288 g/mol. The molecule has 0 aliphatic carbocycles. The van der Waals surface area contributed by atoms with Crippen LogP contribution in [-0.4, -0.2) is 39.5 Å². The first-order valence-corrected chi connectivity index (χ1v) is 7.87. The van der Waals surface area contributed by atoms with Crippen LogP contribution in [0, 0.1) is 5.82 Å². The Balaban J connectivity index is 2.18. The molecule has 0 radical (unpaired) electrons. The van der Waals surface area contributed by atoms with Crippen LogP contribution in [0.15, 0.2) is 24.3 Å². The average Bonchev–Trinajstić information content (AvgIpc) is 2.30. The van der Waals surface area contributed by atoms with Gasteiger partial charge in [-0.3, -0.25) is 0 Å². The van der Waals surface area contributed by atoms with E-state index in [2.05, 4.69) is 10.6 Å². The van der Waals surface area contributed by atoms with Crippen LogP contribution in [0.1, 0.15) is 5.56 Å². The monoisotopic (exact) mass is 288 g/mol. The first-order chi connectivity index (χ1) is 8.87. The number of urea groups is 1. The molecule has 0 bridgehead atoms. The van der Waals surface area contributed by atoms with Gasteiger partial charge in [0.25, 0.3) is 0 Å². The van der Waals surface area contributed by atoms with Gasteiger partial charge in [0.2, 0.25) is 0 Å². The van der Waals surface area contributed by atoms with Gasteiger partial charge in [-0.1, -0.05) is 12.1 Å². The predicted molar refractivity (Wildman–Crippen MR) is 71.2 cm³/mol. The third kappa shape index (κ3) is 7.40. The second-order valence-corrected chi connectivity index (χ2v) is 6.45. The lowest BCUT2D eigenvalue weighted by molar-refractivity contribution is 0.241. The fourth-order valence-electron chi connectivity index (χ4n) is 1.38. The summed E-state index contributed by atoms with van der Waals surface area (Å²) < 4.78 is 34.3. The van der Waals surface area contributed by atoms with E-state index in [-0.39, 0.29) is 18.1 Å². The van der Waals surface area contributed by atoms with Gasteiger partial charge in [0.1, 0.15) is 15.7 Å². The minimum absolute atomic E-state index is 0.0845. The van der Waals surface area contributed by atoms with Crippen molar-refractivity contribution in [3.8, 4) is 0 Å². The van der Waals surface area contributed by atoms with Crippen LogP contribution >= 0.6 is 0 Å². The van der Waals surface area contributed by atoms with Crippen molar-refractivity contribution in [1.82, 2.24) is 10.6 Å². The topological polar surface area (TPSA) is 75.3 Å². The molecular formula is C12H17FN2O3S. The van der Waals surface area contributed by atoms with Crippen molar-refractivity contribution in [2.45, 2.75) is 6.42 Å². The normalized spacial score (nSPS) is 11.1. The Hall–Kier alpha value is -1.63. The molecule has 2 N–H and O–H groups in total. The van der Waals surface area contributed by atoms with Gasteiger partial charge in [-0.2, -0.15) is 0 Å². The molecule has 7 heteroatoms. The lowest BCUT2D eigenvalue weighted by Crippen LogP contribution is -2.38. The summed E-state index contributed by atoms with van der Waals surface area (Å²) in [6.07, 6.45) is 1.70. The highest BCUT2D eigenvalue weighted by Gasteiger charge is 2.04. The fourth-order valence-corrected chi connectivity index (χ4v) is 1.86. The number of rotatable bonds is 6. The number of hydrogen-bond donors (Lipinski definition) is 2. The second-order valence-electron chi connectivity index (χ2n) is 4.19. The molecule has 0 spiro atoms. The molecule has 0 atom stereocenters. The number of hydrogen-bond acceptors (Lipinski definition) is 3. The molecule has 1 rings (SSSR count). The highest BCUT2D eigenvalue weighted by atomic mass is 32.2. The molecule has 1 aromatic rings. The van der Waals surface area contributed by atoms with E-state index in [9.17, 15) is 17.6 Å². The van der Waals surface area contributed by atoms with Crippen molar-refractivity contribution in [1.29, 1.82) is 0 Å². The summed E-state index contributed by atoms with van der Waals surface area (Å²) in [7, 11) is -3.07. The van der Waals surface area contributed by atoms with E-state index in [0.717, 1.165) is 11.8 Å². The van der Waals surface area contributed by atoms with Crippen molar-refractivity contribution >= 4 is 15.9 Å². The first kappa shape index (κ1) is 15.4. The SMILES string of the molecule is CS(=O)(=O)CCNC(=O)NCCc1ccc(F)cc1. The zero-order chi connectivity index (χ0) is 14.3. The van der Waals surface area contributed by atoms with Crippen LogP contribution in [0.25, 0.3) is 0 Å². The van der Waals surface area contributed by atoms with E-state index in [1.54, 1.807) is 12.1 Å². The molecule has 1 aromatic carbocycles. The molecule has 0 heterocycles. The standard InChI is InChI=1S/C12H17FN2O3S/c1-19(17,18)9-8-15-12(16)14-7-6-10-2-4-11(13)5-3-10/h2-5H,6-9H2,1H3,(H2,14,15,16). The largest absolute Gasteiger partial charge is 0.338 e. The Kier molecular flexibility index (Phi) is 5.75. The van der Waals surface area contributed by atoms with Crippen LogP contribution in [0.2, 0.25) is 0 Å². The summed E-state index contributed by atoms with van der Waals surface area (Å²) in [6.45, 7) is 0.484. The lowest BCUT2D eigenvalue weighted by Gasteiger charge is -2.07. The third-order valence-electron chi connectivity index (χ3n) is 2.37. The van der Waals surface area contributed by atoms with Gasteiger partial charge in [0.05, 0.1) is 5.75 Å². The van der Waals surface area contributed by atoms with Crippen molar-refractivity contribution in [2.24, 2.45) is 0 Å². The molecule has 19 heavy (non-hydrogen) atoms. The minimum atomic E-state index is -3.07. The molecular weight excluding hydrogens is 271 g/mol. The van der Waals surface area contributed by atoms with Gasteiger partial charge < -0.3 is 10.6 Å². The maximum atomic E-state index is 12.6. The van der Waals surface area contributed by atoms with Crippen molar-refractivity contribution < 1.29 is 17.6 Å². The Morgan fingerprint density at radius 2 is 1.74 bits per heavy atom. The van der Waals surface area contributed by atoms with Crippen LogP contribution in [-0.2, 0) is 16.3 Å². The van der Waals surface area contributed by atoms with E-state index < -0.39 is 15.9 Å². The van der Waals surface area contributed by atoms with Crippen LogP contribution < -0.4 is 10.6 Å². The summed E-state index contributed by atoms with van der Waals surface area (Å²) in [5.74, 6) is -0.381. The smallest absolute Gasteiger partial charge is 0.314 e. The number of benzene rings is 1. The second kappa shape index (κ2) is 7.08. The third-order valence-corrected chi connectivity index (χ3v) is 3.32. The van der Waals surface area contributed by atoms with Gasteiger partial charge in [-0.15, -0.1) is 0 Å². The van der Waals surface area contributed by atoms with Gasteiger partial charge in [-0.25, -0.2) is 17.6 Å². The molecule has 2 amide bonds. The summed E-state index contributed by atoms with van der Waals surface area (Å²) in [4.78, 5) is 11.3. The number of amides is 2. The number of sulfone groups is 1. The van der Waals surface area contributed by atoms with Gasteiger partial charge in [0, 0.05) is 19.3 Å². The molecule has 0 unspecified atom stereocenters. The zero-order valence-corrected chi connectivity index (χ0v) is 11.5. The molecule has 5 nitrogen and oxygen atoms in total. The van der Waals surface area contributed by atoms with Crippen molar-refractivity contribution in [3.05, 3.63) is 35.6 Å². The predicted octanol–water partition coefficient (Wildman–Crippen LogP) is 0.712. The number of halogens is 1. The minimum Gasteiger partial charge on any atom is -0.338 e. The summed E-state index contributed by atoms with van der Waals surface area (Å²) in [5.41, 5.74) is 0.915. The maximum absolute atomic E-state index is 12.6. The molecule has 106 valence electrons. The van der Waals surface area contributed by atoms with E-state index in [0.29, 0.717) is 13.0 Å². The quantitative estimate of drug-likeness (QED) is 0.809. The van der Waals surface area contributed by atoms with Gasteiger partial charge in [-0.05, 0) is 24.1 Å². The molecule has 0 fully saturated rings. The van der Waals surface area contributed by atoms with Crippen molar-refractivity contribution in [2.75, 3.05) is 25.1 Å². The number of nitrogens with one attached hydrogen (secondary N) is 2. The van der Waals surface area contributed by atoms with E-state index in [4.69, 9.17) is 0 Å². The van der Waals surface area contributed by atoms with Crippen molar-refractivity contribution in [3.63, 3.8) is 0 Å². The highest BCUT2D eigenvalue weighted by molar-refractivity contribution is 7.90. The Morgan fingerprint density at radius 1 is 1.16 bits per heavy atom. The number of carbonyl (C=O) groups is 1.